The molecule has 9 aromatic heterocycles. The van der Waals surface area contributed by atoms with Crippen LogP contribution in [-0.2, 0) is 0 Å². The fourth-order valence-corrected chi connectivity index (χ4v) is 26.7. The SMILES string of the molecule is Cc1cc(C)cc(-c2nc(-n3c4ccccc4c4c5ccc6ccccc6c5c5sc6ccccc6c5c43)nc3ccccc23)c1.Cc1ccccc1-c1nc(-n2c3ccccc3c3c4ccc5ccccc5c4c4sc5ccccc5c4c32)nc2ccccc12.c1ccc(-c2nc(-n3c4ccccc4c4c5ccc6ccccc6c5c5sc6ccccc6c5c43)nc3ccc4ccccc4c23)cc1. The van der Waals surface area contributed by atoms with E-state index in [4.69, 9.17) is 29.9 Å². The van der Waals surface area contributed by atoms with Gasteiger partial charge in [-0.1, -0.05) is 357 Å². The molecule has 0 unspecified atom stereocenters. The van der Waals surface area contributed by atoms with Crippen LogP contribution in [-0.4, -0.2) is 43.6 Å². The van der Waals surface area contributed by atoms with E-state index < -0.39 is 0 Å². The summed E-state index contributed by atoms with van der Waals surface area (Å²) in [5.74, 6) is 2.06. The van der Waals surface area contributed by atoms with Crippen molar-refractivity contribution in [1.82, 2.24) is 43.6 Å². The summed E-state index contributed by atoms with van der Waals surface area (Å²) in [4.78, 5) is 32.4. The van der Waals surface area contributed by atoms with Crippen molar-refractivity contribution in [2.75, 3.05) is 0 Å². The van der Waals surface area contributed by atoms with Crippen LogP contribution < -0.4 is 0 Å². The van der Waals surface area contributed by atoms with Crippen LogP contribution in [0.25, 0.3) is 286 Å². The van der Waals surface area contributed by atoms with Crippen LogP contribution in [0.5, 0.6) is 0 Å². The van der Waals surface area contributed by atoms with Gasteiger partial charge in [-0.05, 0) is 152 Å². The Hall–Kier alpha value is -17.3. The normalized spacial score (nSPS) is 12.1. The molecule has 648 valence electrons. The lowest BCUT2D eigenvalue weighted by Crippen LogP contribution is -2.04. The molecule has 0 spiro atoms. The van der Waals surface area contributed by atoms with Crippen molar-refractivity contribution in [1.29, 1.82) is 0 Å². The van der Waals surface area contributed by atoms with E-state index in [1.54, 1.807) is 0 Å². The van der Waals surface area contributed by atoms with Crippen LogP contribution in [0.15, 0.2) is 413 Å². The maximum atomic E-state index is 5.52. The summed E-state index contributed by atoms with van der Waals surface area (Å²) in [6.45, 7) is 6.46. The number of aromatic nitrogens is 9. The largest absolute Gasteiger partial charge is 0.277 e. The molecule has 0 atom stereocenters. The molecule has 0 N–H and O–H groups in total. The van der Waals surface area contributed by atoms with Crippen molar-refractivity contribution in [2.24, 2.45) is 0 Å². The molecule has 0 bridgehead atoms. The van der Waals surface area contributed by atoms with Gasteiger partial charge >= 0.3 is 0 Å². The highest BCUT2D eigenvalue weighted by molar-refractivity contribution is 7.28. The Morgan fingerprint density at radius 1 is 0.194 bits per heavy atom. The van der Waals surface area contributed by atoms with Gasteiger partial charge in [0.15, 0.2) is 0 Å². The second kappa shape index (κ2) is 30.9. The first-order chi connectivity index (χ1) is 68.7. The summed E-state index contributed by atoms with van der Waals surface area (Å²) >= 11 is 5.66. The zero-order valence-corrected chi connectivity index (χ0v) is 78.0. The van der Waals surface area contributed by atoms with E-state index in [1.165, 1.54) is 180 Å². The Balaban J connectivity index is 0.000000100. The lowest BCUT2D eigenvalue weighted by molar-refractivity contribution is 1.02. The average molecular weight is 1830 g/mol. The van der Waals surface area contributed by atoms with Gasteiger partial charge in [0.1, 0.15) is 0 Å². The fourth-order valence-electron chi connectivity index (χ4n) is 22.9. The summed E-state index contributed by atoms with van der Waals surface area (Å²) in [5.41, 5.74) is 19.4. The van der Waals surface area contributed by atoms with Gasteiger partial charge in [-0.3, -0.25) is 13.7 Å². The molecule has 31 rings (SSSR count). The molecule has 0 aliphatic carbocycles. The average Bonchev–Trinajstić information content (AvgIpc) is 1.56. The number of nitrogens with zero attached hydrogens (tertiary/aromatic N) is 9. The van der Waals surface area contributed by atoms with Crippen LogP contribution in [0.2, 0.25) is 0 Å². The standard InChI is InChI=1S/C44H25N3S.C42H27N3S.C41H25N3S/c1-2-14-28(15-3-1)41-39-30-17-7-5-13-27(30)23-25-34(39)45-44(46-41)47-35-20-10-8-18-31(35)37-33-24-22-26-12-4-6-16-29(26)38(33)43-40(42(37)47)32-19-9-11-21-36(32)48-43;1-24-21-25(2)23-27(22-24)39-29-13-5-8-16-33(29)43-42(44-39)45-34-17-9-6-14-30(34)36-32-20-19-26-11-3-4-12-28(26)37(32)41-38(40(36)45)31-15-7-10-18-35(31)46-41;1-24-12-2-4-14-26(24)38-28-16-6-9-19-32(28)42-41(43-38)44-33-20-10-7-17-29(33)35-31-23-22-25-13-3-5-15-27(25)36(31)40-37(39(35)44)30-18-8-11-21-34(30)45-40/h1-25H;3-23H,1-2H3;2-23H,1H3. The van der Waals surface area contributed by atoms with Gasteiger partial charge in [-0.2, -0.15) is 0 Å². The molecule has 12 heteroatoms. The summed E-state index contributed by atoms with van der Waals surface area (Å²) in [7, 11) is 0. The van der Waals surface area contributed by atoms with Gasteiger partial charge in [0.2, 0.25) is 17.8 Å². The van der Waals surface area contributed by atoms with E-state index in [9.17, 15) is 0 Å². The lowest BCUT2D eigenvalue weighted by Gasteiger charge is -2.14. The quantitative estimate of drug-likeness (QED) is 0.154. The molecule has 9 heterocycles. The molecule has 0 aliphatic heterocycles. The van der Waals surface area contributed by atoms with Crippen LogP contribution in [0.4, 0.5) is 0 Å². The third-order valence-corrected chi connectivity index (χ3v) is 32.3. The molecule has 0 amide bonds. The number of aryl methyl sites for hydroxylation is 3. The third kappa shape index (κ3) is 11.9. The van der Waals surface area contributed by atoms with E-state index >= 15 is 0 Å². The maximum Gasteiger partial charge on any atom is 0.235 e. The molecule has 0 aliphatic rings. The van der Waals surface area contributed by atoms with Crippen molar-refractivity contribution in [3.8, 4) is 51.6 Å². The molecular weight excluding hydrogens is 1750 g/mol. The number of thiophene rings is 3. The number of hydrogen-bond donors (Lipinski definition) is 0. The minimum atomic E-state index is 0.680. The molecule has 0 saturated heterocycles. The van der Waals surface area contributed by atoms with E-state index in [0.717, 1.165) is 105 Å². The van der Waals surface area contributed by atoms with Crippen molar-refractivity contribution in [3.63, 3.8) is 0 Å². The van der Waals surface area contributed by atoms with E-state index in [1.807, 2.05) is 34.0 Å². The Morgan fingerprint density at radius 3 is 0.935 bits per heavy atom. The molecule has 0 radical (unpaired) electrons. The molecule has 22 aromatic carbocycles. The number of fused-ring (bicyclic) bond motifs is 41. The van der Waals surface area contributed by atoms with Crippen LogP contribution in [0.1, 0.15) is 16.7 Å². The second-order valence-electron chi connectivity index (χ2n) is 36.7. The molecule has 31 aromatic rings. The molecular formula is C127H77N9S3. The summed E-state index contributed by atoms with van der Waals surface area (Å²) < 4.78 is 14.8. The highest BCUT2D eigenvalue weighted by atomic mass is 32.1. The molecule has 0 saturated carbocycles. The van der Waals surface area contributed by atoms with Gasteiger partial charge in [0, 0.05) is 142 Å². The zero-order chi connectivity index (χ0) is 91.5. The third-order valence-electron chi connectivity index (χ3n) is 28.7. The van der Waals surface area contributed by atoms with Gasteiger partial charge in [0.25, 0.3) is 0 Å². The monoisotopic (exact) mass is 1820 g/mol. The van der Waals surface area contributed by atoms with Gasteiger partial charge in [-0.15, -0.1) is 34.0 Å². The van der Waals surface area contributed by atoms with Crippen molar-refractivity contribution in [3.05, 3.63) is 429 Å². The second-order valence-corrected chi connectivity index (χ2v) is 39.8. The fraction of sp³-hybridized carbons (Fsp3) is 0.0236. The minimum Gasteiger partial charge on any atom is -0.277 e. The zero-order valence-electron chi connectivity index (χ0n) is 75.5. The van der Waals surface area contributed by atoms with Crippen molar-refractivity contribution < 1.29 is 0 Å². The first kappa shape index (κ1) is 79.2. The molecule has 0 fully saturated rings. The van der Waals surface area contributed by atoms with Gasteiger partial charge in [0.05, 0.1) is 66.7 Å². The lowest BCUT2D eigenvalue weighted by atomic mass is 9.95. The maximum absolute atomic E-state index is 5.52. The predicted octanol–water partition coefficient (Wildman–Crippen LogP) is 35.3. The summed E-state index contributed by atoms with van der Waals surface area (Å²) in [5, 5.41) is 35.8. The topological polar surface area (TPSA) is 92.1 Å². The minimum absolute atomic E-state index is 0.680. The first-order valence-corrected chi connectivity index (χ1v) is 49.7. The highest BCUT2D eigenvalue weighted by Gasteiger charge is 2.31. The van der Waals surface area contributed by atoms with Crippen LogP contribution in [0.3, 0.4) is 0 Å². The first-order valence-electron chi connectivity index (χ1n) is 47.2. The number of benzene rings is 22. The number of para-hydroxylation sites is 5. The Labute approximate surface area is 806 Å². The smallest absolute Gasteiger partial charge is 0.235 e. The number of rotatable bonds is 6. The van der Waals surface area contributed by atoms with Gasteiger partial charge < -0.3 is 0 Å². The van der Waals surface area contributed by atoms with Crippen LogP contribution >= 0.6 is 34.0 Å². The van der Waals surface area contributed by atoms with Crippen LogP contribution in [0, 0.1) is 20.8 Å². The summed E-state index contributed by atoms with van der Waals surface area (Å²) in [6, 6.07) is 148. The Bertz CT molecular complexity index is 10800. The van der Waals surface area contributed by atoms with Crippen molar-refractivity contribution in [2.45, 2.75) is 20.8 Å². The van der Waals surface area contributed by atoms with E-state index in [0.29, 0.717) is 17.8 Å². The van der Waals surface area contributed by atoms with Crippen molar-refractivity contribution >= 4 is 268 Å². The van der Waals surface area contributed by atoms with E-state index in [2.05, 4.69) is 447 Å². The highest BCUT2D eigenvalue weighted by Crippen LogP contribution is 2.55. The predicted molar refractivity (Wildman–Crippen MR) is 593 cm³/mol. The van der Waals surface area contributed by atoms with E-state index in [-0.39, 0.29) is 0 Å². The number of hydrogen-bond acceptors (Lipinski definition) is 9. The van der Waals surface area contributed by atoms with Gasteiger partial charge in [-0.25, -0.2) is 29.9 Å². The Morgan fingerprint density at radius 2 is 0.511 bits per heavy atom. The molecule has 9 nitrogen and oxygen atoms in total. The summed E-state index contributed by atoms with van der Waals surface area (Å²) in [6.07, 6.45) is 0. The Kier molecular flexibility index (Phi) is 17.6. The molecule has 139 heavy (non-hydrogen) atoms.